The summed E-state index contributed by atoms with van der Waals surface area (Å²) >= 11 is 0. The molecule has 2 amide bonds. The summed E-state index contributed by atoms with van der Waals surface area (Å²) in [6.45, 7) is 7.00. The number of hydrogen-bond donors (Lipinski definition) is 1. The first-order chi connectivity index (χ1) is 11.7. The molecule has 3 rings (SSSR count). The largest absolute Gasteiger partial charge is 0.378 e. The zero-order valence-electron chi connectivity index (χ0n) is 14.8. The molecule has 0 radical (unpaired) electrons. The standard InChI is InChI=1S/C17H29N5O2/c1-3-21-10-11-22(13-15(21)16-18-8-9-20(16)2)17(23)19-7-6-14-5-4-12-24-14/h8-9,14-15H,3-7,10-13H2,1-2H3,(H,19,23). The van der Waals surface area contributed by atoms with Crippen molar-refractivity contribution in [1.82, 2.24) is 24.7 Å². The maximum atomic E-state index is 12.5. The van der Waals surface area contributed by atoms with Crippen LogP contribution in [0.25, 0.3) is 0 Å². The van der Waals surface area contributed by atoms with Gasteiger partial charge >= 0.3 is 6.03 Å². The molecule has 2 aliphatic rings. The van der Waals surface area contributed by atoms with E-state index in [1.165, 1.54) is 0 Å². The monoisotopic (exact) mass is 335 g/mol. The van der Waals surface area contributed by atoms with Crippen LogP contribution in [0, 0.1) is 0 Å². The number of piperazine rings is 1. The highest BCUT2D eigenvalue weighted by Crippen LogP contribution is 2.23. The minimum Gasteiger partial charge on any atom is -0.378 e. The molecule has 1 aromatic rings. The fraction of sp³-hybridized carbons (Fsp3) is 0.765. The minimum absolute atomic E-state index is 0.0305. The van der Waals surface area contributed by atoms with Crippen LogP contribution in [0.2, 0.25) is 0 Å². The number of nitrogens with one attached hydrogen (secondary N) is 1. The van der Waals surface area contributed by atoms with Gasteiger partial charge in [-0.05, 0) is 25.8 Å². The fourth-order valence-electron chi connectivity index (χ4n) is 3.65. The predicted octanol–water partition coefficient (Wildman–Crippen LogP) is 1.38. The first kappa shape index (κ1) is 17.2. The third-order valence-electron chi connectivity index (χ3n) is 5.11. The van der Waals surface area contributed by atoms with Crippen LogP contribution in [-0.4, -0.2) is 70.8 Å². The quantitative estimate of drug-likeness (QED) is 0.883. The van der Waals surface area contributed by atoms with E-state index in [9.17, 15) is 4.79 Å². The summed E-state index contributed by atoms with van der Waals surface area (Å²) in [5, 5.41) is 3.05. The molecule has 0 aromatic carbocycles. The summed E-state index contributed by atoms with van der Waals surface area (Å²) in [6, 6.07) is 0.190. The number of hydrogen-bond acceptors (Lipinski definition) is 4. The Hall–Kier alpha value is -1.60. The Kier molecular flexibility index (Phi) is 5.73. The summed E-state index contributed by atoms with van der Waals surface area (Å²) in [6.07, 6.45) is 7.27. The molecule has 1 aromatic heterocycles. The van der Waals surface area contributed by atoms with Crippen molar-refractivity contribution in [2.45, 2.75) is 38.3 Å². The molecule has 2 fully saturated rings. The van der Waals surface area contributed by atoms with Gasteiger partial charge in [0.1, 0.15) is 5.82 Å². The van der Waals surface area contributed by atoms with E-state index in [4.69, 9.17) is 4.74 Å². The molecule has 0 saturated carbocycles. The Morgan fingerprint density at radius 3 is 3.00 bits per heavy atom. The van der Waals surface area contributed by atoms with Crippen molar-refractivity contribution >= 4 is 6.03 Å². The molecule has 7 nitrogen and oxygen atoms in total. The van der Waals surface area contributed by atoms with Crippen molar-refractivity contribution < 1.29 is 9.53 Å². The van der Waals surface area contributed by atoms with Crippen LogP contribution in [0.4, 0.5) is 4.79 Å². The van der Waals surface area contributed by atoms with Gasteiger partial charge in [-0.1, -0.05) is 6.92 Å². The number of amides is 2. The van der Waals surface area contributed by atoms with Crippen molar-refractivity contribution in [3.63, 3.8) is 0 Å². The lowest BCUT2D eigenvalue weighted by atomic mass is 10.1. The van der Waals surface area contributed by atoms with E-state index in [1.807, 2.05) is 28.9 Å². The SMILES string of the molecule is CCN1CCN(C(=O)NCCC2CCCO2)CC1c1nccn1C. The summed E-state index contributed by atoms with van der Waals surface area (Å²) in [7, 11) is 2.01. The van der Waals surface area contributed by atoms with Gasteiger partial charge in [-0.3, -0.25) is 4.90 Å². The number of likely N-dealkylation sites (N-methyl/N-ethyl adjacent to an activating group) is 1. The van der Waals surface area contributed by atoms with E-state index in [0.29, 0.717) is 19.2 Å². The number of nitrogens with zero attached hydrogens (tertiary/aromatic N) is 4. The summed E-state index contributed by atoms with van der Waals surface area (Å²) < 4.78 is 7.65. The maximum Gasteiger partial charge on any atom is 0.317 e. The average Bonchev–Trinajstić information content (AvgIpc) is 3.25. The van der Waals surface area contributed by atoms with E-state index in [2.05, 4.69) is 22.1 Å². The highest BCUT2D eigenvalue weighted by molar-refractivity contribution is 5.74. The number of aryl methyl sites for hydroxylation is 1. The van der Waals surface area contributed by atoms with Crippen molar-refractivity contribution in [1.29, 1.82) is 0 Å². The second-order valence-electron chi connectivity index (χ2n) is 6.64. The van der Waals surface area contributed by atoms with Gasteiger partial charge in [-0.2, -0.15) is 0 Å². The Morgan fingerprint density at radius 2 is 2.33 bits per heavy atom. The van der Waals surface area contributed by atoms with Crippen molar-refractivity contribution in [2.24, 2.45) is 7.05 Å². The number of ether oxygens (including phenoxy) is 1. The third kappa shape index (κ3) is 3.89. The van der Waals surface area contributed by atoms with Crippen LogP contribution < -0.4 is 5.32 Å². The number of aromatic nitrogens is 2. The van der Waals surface area contributed by atoms with Gasteiger partial charge in [0.25, 0.3) is 0 Å². The van der Waals surface area contributed by atoms with Crippen LogP contribution in [0.5, 0.6) is 0 Å². The molecule has 0 bridgehead atoms. The van der Waals surface area contributed by atoms with Gasteiger partial charge < -0.3 is 19.5 Å². The molecule has 1 N–H and O–H groups in total. The van der Waals surface area contributed by atoms with Gasteiger partial charge in [-0.15, -0.1) is 0 Å². The smallest absolute Gasteiger partial charge is 0.317 e. The normalized spacial score (nSPS) is 25.2. The highest BCUT2D eigenvalue weighted by Gasteiger charge is 2.31. The summed E-state index contributed by atoms with van der Waals surface area (Å²) in [5.41, 5.74) is 0. The van der Waals surface area contributed by atoms with E-state index in [1.54, 1.807) is 0 Å². The van der Waals surface area contributed by atoms with E-state index in [-0.39, 0.29) is 12.1 Å². The molecular weight excluding hydrogens is 306 g/mol. The second kappa shape index (κ2) is 7.98. The van der Waals surface area contributed by atoms with Crippen LogP contribution in [0.1, 0.15) is 38.1 Å². The molecule has 2 saturated heterocycles. The highest BCUT2D eigenvalue weighted by atomic mass is 16.5. The van der Waals surface area contributed by atoms with Gasteiger partial charge in [0.15, 0.2) is 0 Å². The number of carbonyl (C=O) groups excluding carboxylic acids is 1. The molecule has 0 spiro atoms. The Balaban J connectivity index is 1.54. The second-order valence-corrected chi connectivity index (χ2v) is 6.64. The molecule has 24 heavy (non-hydrogen) atoms. The Bertz CT molecular complexity index is 541. The number of urea groups is 1. The summed E-state index contributed by atoms with van der Waals surface area (Å²) in [5.74, 6) is 1.02. The van der Waals surface area contributed by atoms with Crippen molar-refractivity contribution in [3.05, 3.63) is 18.2 Å². The Morgan fingerprint density at radius 1 is 1.46 bits per heavy atom. The molecule has 134 valence electrons. The van der Waals surface area contributed by atoms with E-state index in [0.717, 1.165) is 51.3 Å². The molecule has 2 unspecified atom stereocenters. The first-order valence-corrected chi connectivity index (χ1v) is 9.04. The number of rotatable bonds is 5. The molecule has 2 aliphatic heterocycles. The third-order valence-corrected chi connectivity index (χ3v) is 5.11. The zero-order valence-corrected chi connectivity index (χ0v) is 14.8. The molecule has 3 heterocycles. The van der Waals surface area contributed by atoms with Gasteiger partial charge in [-0.25, -0.2) is 9.78 Å². The van der Waals surface area contributed by atoms with Gasteiger partial charge in [0.2, 0.25) is 0 Å². The topological polar surface area (TPSA) is 62.6 Å². The lowest BCUT2D eigenvalue weighted by Gasteiger charge is -2.40. The molecule has 0 aliphatic carbocycles. The minimum atomic E-state index is 0.0305. The number of carbonyl (C=O) groups is 1. The van der Waals surface area contributed by atoms with E-state index < -0.39 is 0 Å². The van der Waals surface area contributed by atoms with Gasteiger partial charge in [0.05, 0.1) is 12.1 Å². The van der Waals surface area contributed by atoms with E-state index >= 15 is 0 Å². The van der Waals surface area contributed by atoms with Gasteiger partial charge in [0, 0.05) is 52.2 Å². The molecule has 7 heteroatoms. The lowest BCUT2D eigenvalue weighted by molar-refractivity contribution is 0.0854. The van der Waals surface area contributed by atoms with Crippen molar-refractivity contribution in [2.75, 3.05) is 39.3 Å². The Labute approximate surface area is 144 Å². The van der Waals surface area contributed by atoms with Crippen LogP contribution in [0.3, 0.4) is 0 Å². The predicted molar refractivity (Wildman–Crippen MR) is 91.8 cm³/mol. The van der Waals surface area contributed by atoms with Crippen LogP contribution >= 0.6 is 0 Å². The maximum absolute atomic E-state index is 12.5. The van der Waals surface area contributed by atoms with Crippen molar-refractivity contribution in [3.8, 4) is 0 Å². The first-order valence-electron chi connectivity index (χ1n) is 9.04. The fourth-order valence-corrected chi connectivity index (χ4v) is 3.65. The lowest BCUT2D eigenvalue weighted by Crippen LogP contribution is -2.53. The van der Waals surface area contributed by atoms with Crippen LogP contribution in [-0.2, 0) is 11.8 Å². The zero-order chi connectivity index (χ0) is 16.9. The molecule has 2 atom stereocenters. The molecular formula is C17H29N5O2. The summed E-state index contributed by atoms with van der Waals surface area (Å²) in [4.78, 5) is 21.3. The van der Waals surface area contributed by atoms with Crippen LogP contribution in [0.15, 0.2) is 12.4 Å². The number of imidazole rings is 1. The average molecular weight is 335 g/mol.